The van der Waals surface area contributed by atoms with Crippen LogP contribution in [0.25, 0.3) is 0 Å². The molecule has 1 aliphatic rings. The first kappa shape index (κ1) is 16.2. The van der Waals surface area contributed by atoms with E-state index >= 15 is 0 Å². The largest absolute Gasteiger partial charge is 0.383 e. The second-order valence-corrected chi connectivity index (χ2v) is 5.78. The van der Waals surface area contributed by atoms with Crippen LogP contribution in [0.4, 0.5) is 5.82 Å². The van der Waals surface area contributed by atoms with Crippen molar-refractivity contribution < 1.29 is 4.74 Å². The van der Waals surface area contributed by atoms with Crippen molar-refractivity contribution in [2.24, 2.45) is 5.84 Å². The molecule has 6 heteroatoms. The van der Waals surface area contributed by atoms with Gasteiger partial charge in [-0.2, -0.15) is 0 Å². The number of ether oxygens (including phenoxy) is 1. The van der Waals surface area contributed by atoms with Gasteiger partial charge in [0.15, 0.2) is 0 Å². The lowest BCUT2D eigenvalue weighted by molar-refractivity contribution is -0.0322. The Morgan fingerprint density at radius 3 is 2.76 bits per heavy atom. The highest BCUT2D eigenvalue weighted by atomic mass is 16.5. The van der Waals surface area contributed by atoms with Crippen molar-refractivity contribution >= 4 is 5.82 Å². The molecule has 0 radical (unpaired) electrons. The number of nitrogens with one attached hydrogen (secondary N) is 1. The van der Waals surface area contributed by atoms with Crippen LogP contribution in [0.1, 0.15) is 25.8 Å². The number of nitrogens with two attached hydrogens (primary N) is 2. The second-order valence-electron chi connectivity index (χ2n) is 5.78. The Hall–Kier alpha value is -1.21. The highest BCUT2D eigenvalue weighted by molar-refractivity contribution is 5.39. The molecular weight excluding hydrogens is 266 g/mol. The van der Waals surface area contributed by atoms with E-state index in [9.17, 15) is 0 Å². The van der Waals surface area contributed by atoms with E-state index in [2.05, 4.69) is 29.2 Å². The fraction of sp³-hybridized carbons (Fsp3) is 0.667. The maximum absolute atomic E-state index is 5.97. The molecule has 1 aliphatic heterocycles. The average Bonchev–Trinajstić information content (AvgIpc) is 2.54. The van der Waals surface area contributed by atoms with Crippen LogP contribution < -0.4 is 17.0 Å². The molecule has 1 aromatic heterocycles. The highest BCUT2D eigenvalue weighted by Gasteiger charge is 2.38. The molecule has 2 rings (SSSR count). The number of rotatable bonds is 6. The zero-order chi connectivity index (χ0) is 15.3. The summed E-state index contributed by atoms with van der Waals surface area (Å²) < 4.78 is 5.47. The van der Waals surface area contributed by atoms with Gasteiger partial charge in [-0.3, -0.25) is 16.2 Å². The minimum Gasteiger partial charge on any atom is -0.383 e. The van der Waals surface area contributed by atoms with E-state index in [1.54, 1.807) is 6.20 Å². The Balaban J connectivity index is 2.18. The van der Waals surface area contributed by atoms with Gasteiger partial charge >= 0.3 is 0 Å². The zero-order valence-electron chi connectivity index (χ0n) is 13.0. The molecule has 21 heavy (non-hydrogen) atoms. The number of pyridine rings is 1. The average molecular weight is 293 g/mol. The third-order valence-electron chi connectivity index (χ3n) is 4.75. The summed E-state index contributed by atoms with van der Waals surface area (Å²) in [4.78, 5) is 6.63. The quantitative estimate of drug-likeness (QED) is 0.524. The van der Waals surface area contributed by atoms with E-state index in [-0.39, 0.29) is 11.6 Å². The first-order chi connectivity index (χ1) is 10.1. The van der Waals surface area contributed by atoms with E-state index in [1.807, 2.05) is 12.1 Å². The third kappa shape index (κ3) is 3.52. The third-order valence-corrected chi connectivity index (χ3v) is 4.75. The van der Waals surface area contributed by atoms with Gasteiger partial charge in [0.1, 0.15) is 5.82 Å². The molecule has 5 N–H and O–H groups in total. The van der Waals surface area contributed by atoms with Crippen molar-refractivity contribution in [3.05, 3.63) is 23.9 Å². The van der Waals surface area contributed by atoms with Crippen LogP contribution in [0.2, 0.25) is 0 Å². The molecule has 1 fully saturated rings. The number of anilines is 1. The number of nitrogens with zero attached hydrogens (tertiary/aromatic N) is 2. The fourth-order valence-corrected chi connectivity index (χ4v) is 3.07. The first-order valence-electron chi connectivity index (χ1n) is 7.60. The summed E-state index contributed by atoms with van der Waals surface area (Å²) in [6, 6.07) is 4.03. The minimum atomic E-state index is -0.0409. The minimum absolute atomic E-state index is 0.0409. The Kier molecular flexibility index (Phi) is 5.52. The summed E-state index contributed by atoms with van der Waals surface area (Å²) in [5.74, 6) is 6.45. The molecular formula is C15H27N5O. The molecule has 1 saturated heterocycles. The van der Waals surface area contributed by atoms with Gasteiger partial charge in [-0.05, 0) is 31.4 Å². The Morgan fingerprint density at radius 1 is 1.48 bits per heavy atom. The summed E-state index contributed by atoms with van der Waals surface area (Å²) in [5, 5.41) is 0. The van der Waals surface area contributed by atoms with Crippen molar-refractivity contribution in [2.45, 2.75) is 38.3 Å². The first-order valence-corrected chi connectivity index (χ1v) is 7.60. The number of aromatic nitrogens is 1. The molecule has 2 heterocycles. The summed E-state index contributed by atoms with van der Waals surface area (Å²) in [6.45, 7) is 7.89. The normalized spacial score (nSPS) is 20.9. The SMILES string of the molecule is CCC(C)(C(Cc1cccnc1N)NN)N1CCOCC1. The molecule has 0 bridgehead atoms. The Labute approximate surface area is 126 Å². The fourth-order valence-electron chi connectivity index (χ4n) is 3.07. The van der Waals surface area contributed by atoms with Crippen molar-refractivity contribution in [2.75, 3.05) is 32.0 Å². The molecule has 0 amide bonds. The summed E-state index contributed by atoms with van der Waals surface area (Å²) in [5.41, 5.74) is 9.97. The lowest BCUT2D eigenvalue weighted by Crippen LogP contribution is -2.63. The number of nitrogen functional groups attached to an aromatic ring is 1. The lowest BCUT2D eigenvalue weighted by atomic mass is 9.83. The van der Waals surface area contributed by atoms with Crippen molar-refractivity contribution in [3.63, 3.8) is 0 Å². The Morgan fingerprint density at radius 2 is 2.19 bits per heavy atom. The van der Waals surface area contributed by atoms with Crippen molar-refractivity contribution in [1.82, 2.24) is 15.3 Å². The van der Waals surface area contributed by atoms with Crippen LogP contribution in [-0.2, 0) is 11.2 Å². The summed E-state index contributed by atoms with van der Waals surface area (Å²) in [6.07, 6.45) is 3.48. The van der Waals surface area contributed by atoms with E-state index < -0.39 is 0 Å². The molecule has 1 aromatic rings. The summed E-state index contributed by atoms with van der Waals surface area (Å²) in [7, 11) is 0. The maximum atomic E-state index is 5.97. The zero-order valence-corrected chi connectivity index (χ0v) is 13.0. The van der Waals surface area contributed by atoms with E-state index in [0.29, 0.717) is 5.82 Å². The van der Waals surface area contributed by atoms with Crippen LogP contribution in [0.15, 0.2) is 18.3 Å². The highest BCUT2D eigenvalue weighted by Crippen LogP contribution is 2.27. The molecule has 2 unspecified atom stereocenters. The molecule has 0 aliphatic carbocycles. The lowest BCUT2D eigenvalue weighted by Gasteiger charge is -2.47. The predicted octanol–water partition coefficient (Wildman–Crippen LogP) is 0.539. The van der Waals surface area contributed by atoms with Gasteiger partial charge in [0, 0.05) is 30.9 Å². The van der Waals surface area contributed by atoms with Crippen LogP contribution in [-0.4, -0.2) is 47.8 Å². The smallest absolute Gasteiger partial charge is 0.126 e. The van der Waals surface area contributed by atoms with Gasteiger partial charge in [0.05, 0.1) is 13.2 Å². The molecule has 0 spiro atoms. The number of hydrogen-bond donors (Lipinski definition) is 3. The molecule has 0 aromatic carbocycles. The molecule has 2 atom stereocenters. The monoisotopic (exact) mass is 293 g/mol. The van der Waals surface area contributed by atoms with Gasteiger partial charge in [0.25, 0.3) is 0 Å². The van der Waals surface area contributed by atoms with Crippen LogP contribution in [0.3, 0.4) is 0 Å². The predicted molar refractivity (Wildman–Crippen MR) is 84.6 cm³/mol. The number of hydrazine groups is 1. The molecule has 6 nitrogen and oxygen atoms in total. The van der Waals surface area contributed by atoms with E-state index in [0.717, 1.165) is 44.7 Å². The Bertz CT molecular complexity index is 449. The van der Waals surface area contributed by atoms with Crippen LogP contribution in [0, 0.1) is 0 Å². The van der Waals surface area contributed by atoms with Crippen molar-refractivity contribution in [1.29, 1.82) is 0 Å². The van der Waals surface area contributed by atoms with E-state index in [4.69, 9.17) is 16.3 Å². The van der Waals surface area contributed by atoms with Gasteiger partial charge in [0.2, 0.25) is 0 Å². The standard InChI is InChI=1S/C15H27N5O/c1-3-15(2,20-7-9-21-10-8-20)13(19-17)11-12-5-4-6-18-14(12)16/h4-6,13,19H,3,7-11,17H2,1-2H3,(H2,16,18). The van der Waals surface area contributed by atoms with Crippen LogP contribution in [0.5, 0.6) is 0 Å². The van der Waals surface area contributed by atoms with Gasteiger partial charge < -0.3 is 10.5 Å². The van der Waals surface area contributed by atoms with E-state index in [1.165, 1.54) is 0 Å². The molecule has 118 valence electrons. The maximum Gasteiger partial charge on any atom is 0.126 e. The number of morpholine rings is 1. The van der Waals surface area contributed by atoms with Gasteiger partial charge in [-0.15, -0.1) is 0 Å². The summed E-state index contributed by atoms with van der Waals surface area (Å²) >= 11 is 0. The molecule has 0 saturated carbocycles. The van der Waals surface area contributed by atoms with Crippen LogP contribution >= 0.6 is 0 Å². The topological polar surface area (TPSA) is 89.4 Å². The number of hydrogen-bond acceptors (Lipinski definition) is 6. The van der Waals surface area contributed by atoms with Gasteiger partial charge in [-0.1, -0.05) is 13.0 Å². The second kappa shape index (κ2) is 7.17. The van der Waals surface area contributed by atoms with Crippen molar-refractivity contribution in [3.8, 4) is 0 Å². The van der Waals surface area contributed by atoms with Gasteiger partial charge in [-0.25, -0.2) is 4.98 Å².